The number of hydrogen-bond donors (Lipinski definition) is 4. The first-order chi connectivity index (χ1) is 62.8. The van der Waals surface area contributed by atoms with Gasteiger partial charge >= 0.3 is 0 Å². The molecule has 4 heterocycles. The molecule has 0 fully saturated rings. The van der Waals surface area contributed by atoms with Crippen molar-refractivity contribution in [1.82, 2.24) is 21.3 Å². The van der Waals surface area contributed by atoms with Gasteiger partial charge in [0.25, 0.3) is 23.6 Å². The number of nitrogens with zero attached hydrogens (tertiary/aromatic N) is 8. The van der Waals surface area contributed by atoms with E-state index in [0.717, 1.165) is 125 Å². The van der Waals surface area contributed by atoms with Crippen LogP contribution in [-0.2, 0) is 25.7 Å². The molecule has 12 rings (SSSR count). The molecular weight excluding hydrogens is 1620 g/mol. The Morgan fingerprint density at radius 3 is 0.651 bits per heavy atom. The van der Waals surface area contributed by atoms with Crippen LogP contribution in [0, 0.1) is 120 Å². The van der Waals surface area contributed by atoms with E-state index >= 15 is 0 Å². The summed E-state index contributed by atoms with van der Waals surface area (Å²) in [7, 11) is 0. The number of nitriles is 8. The lowest BCUT2D eigenvalue weighted by Gasteiger charge is -2.33. The summed E-state index contributed by atoms with van der Waals surface area (Å²) in [6.07, 6.45) is 16.5. The van der Waals surface area contributed by atoms with Gasteiger partial charge in [-0.3, -0.25) is 19.2 Å². The molecule has 0 bridgehead atoms. The average molecular weight is 1730 g/mol. The third-order valence-corrected chi connectivity index (χ3v) is 25.5. The summed E-state index contributed by atoms with van der Waals surface area (Å²) in [4.78, 5) is 55.4. The van der Waals surface area contributed by atoms with Gasteiger partial charge in [0, 0.05) is 44.5 Å². The van der Waals surface area contributed by atoms with Crippen LogP contribution >= 0.6 is 0 Å². The van der Waals surface area contributed by atoms with Crippen molar-refractivity contribution in [2.45, 2.75) is 208 Å². The summed E-state index contributed by atoms with van der Waals surface area (Å²) >= 11 is 0. The fourth-order valence-corrected chi connectivity index (χ4v) is 17.6. The molecule has 0 aliphatic carbocycles. The quantitative estimate of drug-likeness (QED) is 0.0275. The zero-order valence-corrected chi connectivity index (χ0v) is 74.9. The van der Waals surface area contributed by atoms with Crippen molar-refractivity contribution < 1.29 is 57.1 Å². The number of carbonyl (C=O) groups is 4. The van der Waals surface area contributed by atoms with E-state index in [9.17, 15) is 61.3 Å². The van der Waals surface area contributed by atoms with Gasteiger partial charge in [-0.1, -0.05) is 181 Å². The van der Waals surface area contributed by atoms with Crippen LogP contribution in [0.4, 0.5) is 0 Å². The van der Waals surface area contributed by atoms with Crippen LogP contribution in [0.5, 0.6) is 46.0 Å². The lowest BCUT2D eigenvalue weighted by molar-refractivity contribution is -0.00354. The average Bonchev–Trinajstić information content (AvgIpc) is 1.63. The molecule has 8 atom stereocenters. The normalized spacial score (nSPS) is 16.2. The predicted octanol–water partition coefficient (Wildman–Crippen LogP) is 19.8. The molecule has 4 aliphatic rings. The van der Waals surface area contributed by atoms with Crippen molar-refractivity contribution in [3.8, 4) is 94.5 Å². The van der Waals surface area contributed by atoms with Gasteiger partial charge in [-0.2, -0.15) is 42.1 Å². The standard InChI is InChI=1S/C105H112N12O12/c1-9-17-21-65(13-5)57-122-93-45-77-97(85(53-110)81(93)49-106)89(114-101(77)118)41-69-25-33-73(34-26-69)126-61-105(62-127-74-35-27-70(28-36-74)42-90-98-78(102(119)115-90)46-94(82(50-107)86(98)54-111)123-58-66(14-6)22-18-10-2,63-128-75-37-29-71(30-38-75)43-91-99-79(103(120)116-91)47-95(83(51-108)87(99)55-112)124-59-67(15-7)23-19-11-3)64-129-76-39-31-72(32-40-76)44-92-100-80(104(121)117-92)48-96(84(52-109)88(100)56-113)125-60-68(16-8)24-20-12-4/h25-40,45-48,65-68,89-92H,9-24,41-44,57-64H2,1-8H3,(H,114,118)(H,115,119)(H,116,120)(H,117,121). The second kappa shape index (κ2) is 44.9. The van der Waals surface area contributed by atoms with Crippen molar-refractivity contribution in [1.29, 1.82) is 42.1 Å². The van der Waals surface area contributed by atoms with Crippen molar-refractivity contribution in [3.63, 3.8) is 0 Å². The maximum Gasteiger partial charge on any atom is 0.252 e. The van der Waals surface area contributed by atoms with Gasteiger partial charge in [0.05, 0.1) is 72.8 Å². The SMILES string of the molecule is CCCCC(CC)COc1cc2c(c(C#N)c1C#N)C(Cc1ccc(OCC(COc3ccc(CC4NC(=O)c5cc(OCC(CC)CCCC)c(C#N)c(C#N)c54)cc3)(COc3ccc(CC4NC(=O)c5cc(OCC(CC)CCCC)c(C#N)c(C#N)c54)cc3)COc3ccc(CC4NC(=O)c5cc(OCC(CC)CCCC)c(C#N)c(C#N)c54)cc3)cc1)NC2=O. The van der Waals surface area contributed by atoms with Crippen molar-refractivity contribution >= 4 is 23.6 Å². The second-order valence-corrected chi connectivity index (χ2v) is 34.3. The maximum absolute atomic E-state index is 13.9. The molecule has 4 N–H and O–H groups in total. The van der Waals surface area contributed by atoms with Crippen molar-refractivity contribution in [2.24, 2.45) is 29.1 Å². The maximum atomic E-state index is 13.9. The van der Waals surface area contributed by atoms with E-state index in [2.05, 4.69) is 125 Å². The Kier molecular flexibility index (Phi) is 32.8. The Labute approximate surface area is 757 Å². The Morgan fingerprint density at radius 2 is 0.481 bits per heavy atom. The first-order valence-electron chi connectivity index (χ1n) is 45.5. The molecule has 8 unspecified atom stereocenters. The fourth-order valence-electron chi connectivity index (χ4n) is 17.6. The molecule has 0 saturated heterocycles. The number of benzene rings is 8. The number of rotatable bonds is 48. The number of fused-ring (bicyclic) bond motifs is 4. The van der Waals surface area contributed by atoms with Gasteiger partial charge in [-0.25, -0.2) is 0 Å². The highest BCUT2D eigenvalue weighted by molar-refractivity contribution is 6.03. The number of amides is 4. The zero-order valence-electron chi connectivity index (χ0n) is 74.9. The second-order valence-electron chi connectivity index (χ2n) is 34.3. The molecule has 8 aromatic carbocycles. The first kappa shape index (κ1) is 94.1. The Hall–Kier alpha value is -14.0. The topological polar surface area (TPSA) is 381 Å². The highest BCUT2D eigenvalue weighted by atomic mass is 16.5. The molecule has 0 radical (unpaired) electrons. The van der Waals surface area contributed by atoms with Crippen LogP contribution in [-0.4, -0.2) is 76.5 Å². The van der Waals surface area contributed by atoms with Crippen LogP contribution in [0.25, 0.3) is 0 Å². The molecule has 129 heavy (non-hydrogen) atoms. The Balaban J connectivity index is 0.851. The minimum Gasteiger partial charge on any atom is -0.493 e. The fraction of sp³-hybridized carbons (Fsp3) is 0.429. The van der Waals surface area contributed by atoms with E-state index < -0.39 is 29.6 Å². The van der Waals surface area contributed by atoms with Crippen LogP contribution < -0.4 is 59.2 Å². The van der Waals surface area contributed by atoms with Gasteiger partial charge in [0.15, 0.2) is 0 Å². The molecule has 24 nitrogen and oxygen atoms in total. The molecule has 0 saturated carbocycles. The van der Waals surface area contributed by atoms with Gasteiger partial charge in [0.2, 0.25) is 0 Å². The molecular formula is C105H112N12O12. The van der Waals surface area contributed by atoms with Gasteiger partial charge < -0.3 is 59.2 Å². The van der Waals surface area contributed by atoms with E-state index in [-0.39, 0.29) is 189 Å². The van der Waals surface area contributed by atoms with E-state index in [1.54, 1.807) is 72.8 Å². The summed E-state index contributed by atoms with van der Waals surface area (Å²) in [5, 5.41) is 97.2. The van der Waals surface area contributed by atoms with E-state index in [1.807, 2.05) is 48.5 Å². The van der Waals surface area contributed by atoms with Gasteiger partial charge in [-0.05, 0) is 170 Å². The van der Waals surface area contributed by atoms with E-state index in [0.29, 0.717) is 71.7 Å². The summed E-state index contributed by atoms with van der Waals surface area (Å²) < 4.78 is 52.5. The number of unbranched alkanes of at least 4 members (excludes halogenated alkanes) is 4. The first-order valence-corrected chi connectivity index (χ1v) is 45.5. The molecule has 0 aromatic heterocycles. The summed E-state index contributed by atoms with van der Waals surface area (Å²) in [6.45, 7) is 17.8. The molecule has 4 amide bonds. The monoisotopic (exact) mass is 1730 g/mol. The van der Waals surface area contributed by atoms with E-state index in [4.69, 9.17) is 37.9 Å². The van der Waals surface area contributed by atoms with Crippen LogP contribution in [0.2, 0.25) is 0 Å². The predicted molar refractivity (Wildman–Crippen MR) is 485 cm³/mol. The smallest absolute Gasteiger partial charge is 0.252 e. The number of carbonyl (C=O) groups excluding carboxylic acids is 4. The highest BCUT2D eigenvalue weighted by Crippen LogP contribution is 2.44. The molecule has 8 aromatic rings. The Bertz CT molecular complexity index is 5050. The highest BCUT2D eigenvalue weighted by Gasteiger charge is 2.42. The van der Waals surface area contributed by atoms with Gasteiger partial charge in [0.1, 0.15) is 149 Å². The summed E-state index contributed by atoms with van der Waals surface area (Å²) in [5.74, 6) is 1.92. The Morgan fingerprint density at radius 1 is 0.287 bits per heavy atom. The van der Waals surface area contributed by atoms with Gasteiger partial charge in [-0.15, -0.1) is 0 Å². The lowest BCUT2D eigenvalue weighted by atomic mass is 9.90. The van der Waals surface area contributed by atoms with Crippen LogP contribution in [0.3, 0.4) is 0 Å². The number of hydrogen-bond acceptors (Lipinski definition) is 20. The van der Waals surface area contributed by atoms with Crippen molar-refractivity contribution in [2.75, 3.05) is 52.9 Å². The molecule has 664 valence electrons. The largest absolute Gasteiger partial charge is 0.493 e. The van der Waals surface area contributed by atoms with E-state index in [1.165, 1.54) is 0 Å². The number of ether oxygens (including phenoxy) is 8. The molecule has 24 heteroatoms. The zero-order chi connectivity index (χ0) is 91.7. The number of nitrogens with one attached hydrogen (secondary N) is 4. The third kappa shape index (κ3) is 22.1. The molecule has 0 spiro atoms. The summed E-state index contributed by atoms with van der Waals surface area (Å²) in [6, 6.07) is 50.6. The van der Waals surface area contributed by atoms with Crippen LogP contribution in [0.15, 0.2) is 121 Å². The van der Waals surface area contributed by atoms with Crippen molar-refractivity contribution in [3.05, 3.63) is 233 Å². The minimum atomic E-state index is -1.23. The third-order valence-electron chi connectivity index (χ3n) is 25.5. The summed E-state index contributed by atoms with van der Waals surface area (Å²) in [5.41, 5.74) is 5.31. The molecule has 4 aliphatic heterocycles. The van der Waals surface area contributed by atoms with Crippen LogP contribution in [0.1, 0.15) is 313 Å². The minimum absolute atomic E-state index is 0.0760. The lowest BCUT2D eigenvalue weighted by Crippen LogP contribution is -2.45.